The van der Waals surface area contributed by atoms with Gasteiger partial charge in [0.2, 0.25) is 0 Å². The summed E-state index contributed by atoms with van der Waals surface area (Å²) in [6.07, 6.45) is 3.97. The molecule has 208 valence electrons. The number of benzene rings is 2. The van der Waals surface area contributed by atoms with Gasteiger partial charge in [0.05, 0.1) is 26.0 Å². The summed E-state index contributed by atoms with van der Waals surface area (Å²) in [7, 11) is 1.57. The summed E-state index contributed by atoms with van der Waals surface area (Å²) in [5.41, 5.74) is 8.26. The molecule has 0 aliphatic carbocycles. The van der Waals surface area contributed by atoms with Crippen molar-refractivity contribution in [2.75, 3.05) is 62.8 Å². The molecule has 5 rings (SSSR count). The average molecular weight is 538 g/mol. The number of hydrogen-bond donors (Lipinski definition) is 3. The van der Waals surface area contributed by atoms with Crippen LogP contribution in [-0.2, 0) is 4.74 Å². The molecule has 3 aliphatic rings. The number of rotatable bonds is 6. The molecule has 0 radical (unpaired) electrons. The zero-order chi connectivity index (χ0) is 27.6. The molecule has 1 unspecified atom stereocenters. The van der Waals surface area contributed by atoms with Gasteiger partial charge in [-0.15, -0.1) is 0 Å². The monoisotopic (exact) mass is 537 g/mol. The quantitative estimate of drug-likeness (QED) is 0.485. The lowest BCUT2D eigenvalue weighted by Gasteiger charge is -2.42. The second-order valence-electron chi connectivity index (χ2n) is 10.4. The van der Waals surface area contributed by atoms with Crippen LogP contribution >= 0.6 is 0 Å². The number of anilines is 2. The third-order valence-corrected chi connectivity index (χ3v) is 8.45. The Labute approximate surface area is 228 Å². The van der Waals surface area contributed by atoms with Gasteiger partial charge in [-0.25, -0.2) is 4.39 Å². The van der Waals surface area contributed by atoms with Crippen LogP contribution in [0.3, 0.4) is 0 Å². The van der Waals surface area contributed by atoms with Crippen molar-refractivity contribution < 1.29 is 23.8 Å². The molecule has 3 aliphatic heterocycles. The summed E-state index contributed by atoms with van der Waals surface area (Å²) in [4.78, 5) is 18.9. The van der Waals surface area contributed by atoms with E-state index in [0.717, 1.165) is 12.1 Å². The second kappa shape index (κ2) is 11.2. The van der Waals surface area contributed by atoms with E-state index in [1.165, 1.54) is 18.5 Å². The van der Waals surface area contributed by atoms with E-state index in [2.05, 4.69) is 0 Å². The van der Waals surface area contributed by atoms with E-state index in [9.17, 15) is 14.3 Å². The van der Waals surface area contributed by atoms with Crippen molar-refractivity contribution >= 4 is 29.1 Å². The molecule has 2 aromatic carbocycles. The maximum atomic E-state index is 14.9. The molecule has 9 nitrogen and oxygen atoms in total. The van der Waals surface area contributed by atoms with E-state index in [-0.39, 0.29) is 11.3 Å². The van der Waals surface area contributed by atoms with E-state index in [1.54, 1.807) is 24.1 Å². The number of piperidine rings is 1. The summed E-state index contributed by atoms with van der Waals surface area (Å²) in [5, 5.41) is 19.0. The molecular formula is C29H36FN5O4. The largest absolute Gasteiger partial charge is 0.496 e. The topological polar surface area (TPSA) is 115 Å². The Morgan fingerprint density at radius 1 is 1.13 bits per heavy atom. The van der Waals surface area contributed by atoms with Gasteiger partial charge in [-0.05, 0) is 49.6 Å². The Balaban J connectivity index is 1.25. The fraction of sp³-hybridized carbons (Fsp3) is 0.448. The van der Waals surface area contributed by atoms with Gasteiger partial charge < -0.3 is 40.4 Å². The Hall–Kier alpha value is -3.63. The molecule has 4 N–H and O–H groups in total. The van der Waals surface area contributed by atoms with Crippen LogP contribution in [0.1, 0.15) is 35.2 Å². The lowest BCUT2D eigenvalue weighted by atomic mass is 9.76. The highest BCUT2D eigenvalue weighted by Crippen LogP contribution is 2.47. The van der Waals surface area contributed by atoms with Crippen LogP contribution in [0.15, 0.2) is 42.6 Å². The van der Waals surface area contributed by atoms with Gasteiger partial charge in [-0.1, -0.05) is 0 Å². The van der Waals surface area contributed by atoms with Crippen molar-refractivity contribution in [3.63, 3.8) is 0 Å². The van der Waals surface area contributed by atoms with E-state index in [0.29, 0.717) is 86.9 Å². The number of methoxy groups -OCH3 is 1. The first-order valence-corrected chi connectivity index (χ1v) is 13.4. The van der Waals surface area contributed by atoms with Crippen LogP contribution in [0.5, 0.6) is 5.75 Å². The number of aliphatic hydroxyl groups is 1. The second-order valence-corrected chi connectivity index (χ2v) is 10.4. The summed E-state index contributed by atoms with van der Waals surface area (Å²) in [5.74, 6) is -0.000679. The number of nitrogens with one attached hydrogen (secondary N) is 1. The van der Waals surface area contributed by atoms with Crippen LogP contribution in [0, 0.1) is 16.6 Å². The van der Waals surface area contributed by atoms with Crippen LogP contribution in [0.4, 0.5) is 15.8 Å². The van der Waals surface area contributed by atoms with Crippen molar-refractivity contribution in [1.82, 2.24) is 4.90 Å². The van der Waals surface area contributed by atoms with E-state index in [1.807, 2.05) is 28.0 Å². The number of allylic oxidation sites excluding steroid dienone is 1. The maximum Gasteiger partial charge on any atom is 0.253 e. The smallest absolute Gasteiger partial charge is 0.253 e. The molecule has 1 spiro atoms. The molecule has 3 fully saturated rings. The first-order chi connectivity index (χ1) is 18.9. The number of morpholine rings is 1. The van der Waals surface area contributed by atoms with Crippen molar-refractivity contribution in [1.29, 1.82) is 5.41 Å². The van der Waals surface area contributed by atoms with Crippen LogP contribution in [0.25, 0.3) is 5.57 Å². The standard InChI is InChI=1S/C29H36FN5O4/c1-38-26-17-22(3-4-23(26)21(18-31)19-32)35-11-8-29(28(35)37)6-9-34(10-7-29)27(36)20-2-5-25(24(30)16-20)33-12-14-39-15-13-33/h2-5,16-19,28,31,37H,6-15,32H2,1H3/b21-19+,31-18?. The van der Waals surface area contributed by atoms with E-state index in [4.69, 9.17) is 20.6 Å². The Morgan fingerprint density at radius 3 is 2.49 bits per heavy atom. The molecule has 10 heteroatoms. The zero-order valence-corrected chi connectivity index (χ0v) is 22.2. The number of hydrogen-bond acceptors (Lipinski definition) is 8. The van der Waals surface area contributed by atoms with E-state index >= 15 is 0 Å². The first kappa shape index (κ1) is 27.0. The highest BCUT2D eigenvalue weighted by Gasteiger charge is 2.48. The number of carbonyl (C=O) groups excluding carboxylic acids is 1. The summed E-state index contributed by atoms with van der Waals surface area (Å²) in [6.45, 7) is 4.07. The van der Waals surface area contributed by atoms with Crippen molar-refractivity contribution in [3.8, 4) is 5.75 Å². The predicted octanol–water partition coefficient (Wildman–Crippen LogP) is 3.07. The first-order valence-electron chi connectivity index (χ1n) is 13.4. The van der Waals surface area contributed by atoms with E-state index < -0.39 is 12.0 Å². The van der Waals surface area contributed by atoms with Crippen LogP contribution in [0.2, 0.25) is 0 Å². The van der Waals surface area contributed by atoms with Crippen molar-refractivity contribution in [3.05, 3.63) is 59.5 Å². The van der Waals surface area contributed by atoms with Crippen molar-refractivity contribution in [2.45, 2.75) is 25.5 Å². The summed E-state index contributed by atoms with van der Waals surface area (Å²) >= 11 is 0. The minimum atomic E-state index is -0.706. The fourth-order valence-corrected chi connectivity index (χ4v) is 6.05. The Morgan fingerprint density at radius 2 is 1.85 bits per heavy atom. The zero-order valence-electron chi connectivity index (χ0n) is 22.2. The summed E-state index contributed by atoms with van der Waals surface area (Å²) < 4.78 is 25.8. The third-order valence-electron chi connectivity index (χ3n) is 8.45. The number of likely N-dealkylation sites (tertiary alicyclic amines) is 1. The Bertz CT molecular complexity index is 1250. The lowest BCUT2D eigenvalue weighted by molar-refractivity contribution is 0.00245. The summed E-state index contributed by atoms with van der Waals surface area (Å²) in [6, 6.07) is 10.3. The van der Waals surface area contributed by atoms with Crippen LogP contribution in [-0.4, -0.2) is 81.4 Å². The maximum absolute atomic E-state index is 14.9. The lowest BCUT2D eigenvalue weighted by Crippen LogP contribution is -2.48. The van der Waals surface area contributed by atoms with Gasteiger partial charge in [0.15, 0.2) is 0 Å². The predicted molar refractivity (Wildman–Crippen MR) is 149 cm³/mol. The number of ether oxygens (including phenoxy) is 2. The molecule has 3 saturated heterocycles. The minimum Gasteiger partial charge on any atom is -0.496 e. The van der Waals surface area contributed by atoms with Gasteiger partial charge in [-0.2, -0.15) is 0 Å². The third kappa shape index (κ3) is 5.06. The van der Waals surface area contributed by atoms with Gasteiger partial charge in [-0.3, -0.25) is 4.79 Å². The number of nitrogens with two attached hydrogens (primary N) is 1. The number of halogens is 1. The molecule has 2 aromatic rings. The number of nitrogens with zero attached hydrogens (tertiary/aromatic N) is 3. The minimum absolute atomic E-state index is 0.183. The molecule has 0 bridgehead atoms. The average Bonchev–Trinajstić information content (AvgIpc) is 3.29. The normalized spacial score (nSPS) is 21.4. The Kier molecular flexibility index (Phi) is 7.76. The van der Waals surface area contributed by atoms with Crippen molar-refractivity contribution in [2.24, 2.45) is 11.1 Å². The molecule has 1 amide bonds. The highest BCUT2D eigenvalue weighted by molar-refractivity contribution is 6.09. The highest BCUT2D eigenvalue weighted by atomic mass is 19.1. The van der Waals surface area contributed by atoms with Gasteiger partial charge in [0, 0.05) is 79.0 Å². The molecule has 3 heterocycles. The molecule has 1 atom stereocenters. The SMILES string of the molecule is COc1cc(N2CCC3(CCN(C(=O)c4ccc(N5CCOCC5)c(F)c4)CC3)C2O)ccc1/C(C=N)=C/N. The van der Waals surface area contributed by atoms with Gasteiger partial charge >= 0.3 is 0 Å². The number of carbonyl (C=O) groups is 1. The van der Waals surface area contributed by atoms with Crippen LogP contribution < -0.4 is 20.3 Å². The molecule has 0 saturated carbocycles. The molecular weight excluding hydrogens is 501 g/mol. The fourth-order valence-electron chi connectivity index (χ4n) is 6.05. The van der Waals surface area contributed by atoms with Gasteiger partial charge in [0.1, 0.15) is 17.8 Å². The van der Waals surface area contributed by atoms with Gasteiger partial charge in [0.25, 0.3) is 5.91 Å². The molecule has 39 heavy (non-hydrogen) atoms. The molecule has 0 aromatic heterocycles. The number of aliphatic hydroxyl groups excluding tert-OH is 1. The number of amides is 1.